The molecule has 0 saturated heterocycles. The second-order valence-corrected chi connectivity index (χ2v) is 8.05. The first-order chi connectivity index (χ1) is 15.5. The third kappa shape index (κ3) is 3.70. The summed E-state index contributed by atoms with van der Waals surface area (Å²) < 4.78 is 1.88. The molecule has 0 saturated carbocycles. The number of carbonyl (C=O) groups is 3. The number of fused-ring (bicyclic) bond motifs is 1. The SMILES string of the molecule is CCCC(C(=O)NC=O)N1Cc2cc(-c3nn(C)c(-c4ccccc4)c3C)ccc2C1=O. The highest BCUT2D eigenvalue weighted by Gasteiger charge is 2.36. The molecule has 4 rings (SSSR count). The fourth-order valence-electron chi connectivity index (χ4n) is 4.50. The van der Waals surface area contributed by atoms with Gasteiger partial charge in [0.2, 0.25) is 12.3 Å². The lowest BCUT2D eigenvalue weighted by Gasteiger charge is -2.25. The molecule has 0 bridgehead atoms. The Hall–Kier alpha value is -3.74. The van der Waals surface area contributed by atoms with E-state index in [1.165, 1.54) is 0 Å². The number of hydrogen-bond donors (Lipinski definition) is 1. The lowest BCUT2D eigenvalue weighted by Crippen LogP contribution is -2.46. The van der Waals surface area contributed by atoms with Crippen molar-refractivity contribution >= 4 is 18.2 Å². The zero-order chi connectivity index (χ0) is 22.8. The molecule has 2 heterocycles. The Labute approximate surface area is 187 Å². The van der Waals surface area contributed by atoms with E-state index in [2.05, 4.69) is 24.4 Å². The molecular formula is C25H26N4O3. The molecule has 1 N–H and O–H groups in total. The number of benzene rings is 2. The van der Waals surface area contributed by atoms with Gasteiger partial charge in [0.15, 0.2) is 0 Å². The first-order valence-corrected chi connectivity index (χ1v) is 10.7. The number of rotatable bonds is 7. The summed E-state index contributed by atoms with van der Waals surface area (Å²) in [6, 6.07) is 15.1. The van der Waals surface area contributed by atoms with Crippen molar-refractivity contribution in [3.8, 4) is 22.5 Å². The normalized spacial score (nSPS) is 13.7. The molecule has 164 valence electrons. The summed E-state index contributed by atoms with van der Waals surface area (Å²) in [7, 11) is 1.93. The number of hydrogen-bond acceptors (Lipinski definition) is 4. The summed E-state index contributed by atoms with van der Waals surface area (Å²) in [4.78, 5) is 37.7. The van der Waals surface area contributed by atoms with Crippen LogP contribution in [0.25, 0.3) is 22.5 Å². The Balaban J connectivity index is 1.68. The van der Waals surface area contributed by atoms with E-state index in [1.807, 2.05) is 55.1 Å². The second kappa shape index (κ2) is 8.78. The lowest BCUT2D eigenvalue weighted by molar-refractivity contribution is -0.129. The van der Waals surface area contributed by atoms with E-state index in [4.69, 9.17) is 5.10 Å². The van der Waals surface area contributed by atoms with Gasteiger partial charge in [-0.15, -0.1) is 0 Å². The van der Waals surface area contributed by atoms with Gasteiger partial charge in [-0.25, -0.2) is 0 Å². The number of imide groups is 1. The van der Waals surface area contributed by atoms with Gasteiger partial charge >= 0.3 is 0 Å². The predicted molar refractivity (Wildman–Crippen MR) is 122 cm³/mol. The van der Waals surface area contributed by atoms with Crippen LogP contribution in [0.1, 0.15) is 41.3 Å². The molecule has 3 aromatic rings. The zero-order valence-electron chi connectivity index (χ0n) is 18.5. The molecule has 2 aromatic carbocycles. The minimum atomic E-state index is -0.671. The Morgan fingerprint density at radius 1 is 1.19 bits per heavy atom. The van der Waals surface area contributed by atoms with E-state index >= 15 is 0 Å². The number of nitrogens with zero attached hydrogens (tertiary/aromatic N) is 3. The molecular weight excluding hydrogens is 404 g/mol. The summed E-state index contributed by atoms with van der Waals surface area (Å²) in [6.45, 7) is 4.33. The maximum absolute atomic E-state index is 13.0. The summed E-state index contributed by atoms with van der Waals surface area (Å²) in [5.41, 5.74) is 6.45. The fourth-order valence-corrected chi connectivity index (χ4v) is 4.50. The summed E-state index contributed by atoms with van der Waals surface area (Å²) >= 11 is 0. The van der Waals surface area contributed by atoms with Crippen molar-refractivity contribution in [1.82, 2.24) is 20.0 Å². The molecule has 1 aromatic heterocycles. The van der Waals surface area contributed by atoms with E-state index in [0.717, 1.165) is 40.1 Å². The largest absolute Gasteiger partial charge is 0.322 e. The van der Waals surface area contributed by atoms with Crippen LogP contribution in [-0.4, -0.2) is 38.9 Å². The van der Waals surface area contributed by atoms with Gasteiger partial charge in [0.1, 0.15) is 6.04 Å². The molecule has 7 nitrogen and oxygen atoms in total. The van der Waals surface area contributed by atoms with Crippen LogP contribution in [0.5, 0.6) is 0 Å². The van der Waals surface area contributed by atoms with Crippen molar-refractivity contribution in [3.05, 3.63) is 65.2 Å². The Morgan fingerprint density at radius 2 is 1.94 bits per heavy atom. The quantitative estimate of drug-likeness (QED) is 0.582. The predicted octanol–water partition coefficient (Wildman–Crippen LogP) is 3.46. The van der Waals surface area contributed by atoms with Crippen LogP contribution in [0, 0.1) is 6.92 Å². The van der Waals surface area contributed by atoms with Gasteiger partial charge in [-0.05, 0) is 31.0 Å². The smallest absolute Gasteiger partial charge is 0.255 e. The monoisotopic (exact) mass is 430 g/mol. The van der Waals surface area contributed by atoms with E-state index in [9.17, 15) is 14.4 Å². The van der Waals surface area contributed by atoms with Crippen LogP contribution in [0.4, 0.5) is 0 Å². The lowest BCUT2D eigenvalue weighted by atomic mass is 10.00. The van der Waals surface area contributed by atoms with Crippen LogP contribution in [-0.2, 0) is 23.2 Å². The van der Waals surface area contributed by atoms with Crippen molar-refractivity contribution in [1.29, 1.82) is 0 Å². The first kappa shape index (κ1) is 21.5. The van der Waals surface area contributed by atoms with E-state index in [-0.39, 0.29) is 5.91 Å². The van der Waals surface area contributed by atoms with E-state index in [0.29, 0.717) is 24.9 Å². The minimum Gasteiger partial charge on any atom is -0.322 e. The molecule has 1 aliphatic heterocycles. The molecule has 0 fully saturated rings. The van der Waals surface area contributed by atoms with Gasteiger partial charge in [0.25, 0.3) is 5.91 Å². The number of carbonyl (C=O) groups excluding carboxylic acids is 3. The number of nitrogens with one attached hydrogen (secondary N) is 1. The van der Waals surface area contributed by atoms with E-state index in [1.54, 1.807) is 4.90 Å². The van der Waals surface area contributed by atoms with Gasteiger partial charge in [-0.2, -0.15) is 5.10 Å². The average molecular weight is 431 g/mol. The van der Waals surface area contributed by atoms with Crippen molar-refractivity contribution in [2.24, 2.45) is 7.05 Å². The average Bonchev–Trinajstić information content (AvgIpc) is 3.28. The molecule has 1 atom stereocenters. The highest BCUT2D eigenvalue weighted by atomic mass is 16.2. The zero-order valence-corrected chi connectivity index (χ0v) is 18.5. The van der Waals surface area contributed by atoms with Crippen LogP contribution >= 0.6 is 0 Å². The van der Waals surface area contributed by atoms with Crippen LogP contribution in [0.15, 0.2) is 48.5 Å². The Morgan fingerprint density at radius 3 is 2.62 bits per heavy atom. The topological polar surface area (TPSA) is 84.3 Å². The summed E-state index contributed by atoms with van der Waals surface area (Å²) in [5.74, 6) is -0.634. The molecule has 7 heteroatoms. The van der Waals surface area contributed by atoms with Crippen LogP contribution in [0.2, 0.25) is 0 Å². The Kier molecular flexibility index (Phi) is 5.90. The molecule has 1 aliphatic rings. The molecule has 0 spiro atoms. The highest BCUT2D eigenvalue weighted by Crippen LogP contribution is 2.34. The maximum Gasteiger partial charge on any atom is 0.255 e. The van der Waals surface area contributed by atoms with Gasteiger partial charge in [-0.3, -0.25) is 24.4 Å². The molecule has 0 aliphatic carbocycles. The standard InChI is InChI=1S/C25H26N4O3/c1-4-8-21(24(31)26-15-30)29-14-19-13-18(11-12-20(19)25(29)32)22-16(2)23(28(3)27-22)17-9-6-5-7-10-17/h5-7,9-13,15,21H,4,8,14H2,1-3H3,(H,26,30,31). The molecule has 32 heavy (non-hydrogen) atoms. The van der Waals surface area contributed by atoms with Gasteiger partial charge in [0.05, 0.1) is 11.4 Å². The molecule has 1 unspecified atom stereocenters. The van der Waals surface area contributed by atoms with Crippen LogP contribution in [0.3, 0.4) is 0 Å². The van der Waals surface area contributed by atoms with Crippen LogP contribution < -0.4 is 5.32 Å². The second-order valence-electron chi connectivity index (χ2n) is 8.05. The Bertz CT molecular complexity index is 1180. The van der Waals surface area contributed by atoms with Gasteiger partial charge in [-0.1, -0.05) is 49.7 Å². The third-order valence-corrected chi connectivity index (χ3v) is 5.98. The maximum atomic E-state index is 13.0. The molecule has 0 radical (unpaired) electrons. The van der Waals surface area contributed by atoms with Gasteiger partial charge in [0, 0.05) is 35.8 Å². The summed E-state index contributed by atoms with van der Waals surface area (Å²) in [6.07, 6.45) is 1.58. The summed E-state index contributed by atoms with van der Waals surface area (Å²) in [5, 5.41) is 6.95. The van der Waals surface area contributed by atoms with Crippen molar-refractivity contribution < 1.29 is 14.4 Å². The van der Waals surface area contributed by atoms with E-state index < -0.39 is 11.9 Å². The first-order valence-electron chi connectivity index (χ1n) is 10.7. The number of aromatic nitrogens is 2. The fraction of sp³-hybridized carbons (Fsp3) is 0.280. The van der Waals surface area contributed by atoms with Gasteiger partial charge < -0.3 is 4.90 Å². The number of aryl methyl sites for hydroxylation is 1. The van der Waals surface area contributed by atoms with Crippen molar-refractivity contribution in [3.63, 3.8) is 0 Å². The minimum absolute atomic E-state index is 0.186. The van der Waals surface area contributed by atoms with Crippen molar-refractivity contribution in [2.75, 3.05) is 0 Å². The number of amides is 3. The van der Waals surface area contributed by atoms with Crippen molar-refractivity contribution in [2.45, 2.75) is 39.3 Å². The molecule has 3 amide bonds. The third-order valence-electron chi connectivity index (χ3n) is 5.98. The highest BCUT2D eigenvalue weighted by molar-refractivity contribution is 6.02.